The molecule has 19 heavy (non-hydrogen) atoms. The summed E-state index contributed by atoms with van der Waals surface area (Å²) in [6.45, 7) is -1.43. The van der Waals surface area contributed by atoms with E-state index in [2.05, 4.69) is 9.37 Å². The lowest BCUT2D eigenvalue weighted by atomic mass is 10.2. The zero-order valence-electron chi connectivity index (χ0n) is 9.59. The van der Waals surface area contributed by atoms with E-state index in [1.807, 2.05) is 0 Å². The minimum Gasteiger partial charge on any atom is -0.480 e. The maximum atomic E-state index is 11.0. The molecule has 110 valence electrons. The summed E-state index contributed by atoms with van der Waals surface area (Å²) in [6.07, 6.45) is -0.0933. The van der Waals surface area contributed by atoms with Gasteiger partial charge in [0, 0.05) is 17.8 Å². The lowest BCUT2D eigenvalue weighted by molar-refractivity contribution is -0.432. The lowest BCUT2D eigenvalue weighted by Gasteiger charge is -2.25. The van der Waals surface area contributed by atoms with Crippen molar-refractivity contribution in [3.8, 4) is 0 Å². The number of aliphatic carboxylic acids is 3. The molecule has 0 aliphatic heterocycles. The number of hydrogen-bond donors (Lipinski definition) is 4. The number of carboxylic acids is 3. The van der Waals surface area contributed by atoms with E-state index < -0.39 is 37.0 Å². The molecule has 0 saturated heterocycles. The minimum atomic E-state index is -1.35. The van der Waals surface area contributed by atoms with Gasteiger partial charge < -0.3 is 15.3 Å². The average Bonchev–Trinajstić information content (AvgIpc) is 2.26. The van der Waals surface area contributed by atoms with Crippen molar-refractivity contribution in [3.05, 3.63) is 0 Å². The number of hydrogen-bond acceptors (Lipinski definition) is 8. The molecule has 0 aromatic rings. The first-order valence-electron chi connectivity index (χ1n) is 4.88. The summed E-state index contributed by atoms with van der Waals surface area (Å²) in [5.41, 5.74) is 0. The second-order valence-corrected chi connectivity index (χ2v) is 4.08. The quantitative estimate of drug-likeness (QED) is 0.167. The van der Waals surface area contributed by atoms with Gasteiger partial charge in [0.25, 0.3) is 0 Å². The summed E-state index contributed by atoms with van der Waals surface area (Å²) < 4.78 is 4.03. The molecule has 0 saturated carbocycles. The Balaban J connectivity index is 4.59. The van der Waals surface area contributed by atoms with Crippen molar-refractivity contribution in [3.63, 3.8) is 0 Å². The number of rotatable bonds is 11. The Morgan fingerprint density at radius 3 is 2.00 bits per heavy atom. The van der Waals surface area contributed by atoms with E-state index in [1.165, 1.54) is 0 Å². The van der Waals surface area contributed by atoms with Crippen LogP contribution in [0.3, 0.4) is 0 Å². The summed E-state index contributed by atoms with van der Waals surface area (Å²) in [5.74, 6) is -3.98. The second kappa shape index (κ2) is 9.52. The van der Waals surface area contributed by atoms with Crippen LogP contribution in [0.4, 0.5) is 0 Å². The average molecular weight is 299 g/mol. The van der Waals surface area contributed by atoms with Crippen LogP contribution in [0.2, 0.25) is 0 Å². The van der Waals surface area contributed by atoms with Crippen molar-refractivity contribution < 1.29 is 44.3 Å². The van der Waals surface area contributed by atoms with Crippen LogP contribution in [-0.4, -0.2) is 68.3 Å². The van der Waals surface area contributed by atoms with E-state index in [9.17, 15) is 14.4 Å². The highest BCUT2D eigenvalue weighted by Crippen LogP contribution is 2.11. The van der Waals surface area contributed by atoms with Gasteiger partial charge in [-0.3, -0.25) is 19.3 Å². The van der Waals surface area contributed by atoms with Crippen LogP contribution < -0.4 is 0 Å². The normalized spacial score (nSPS) is 12.3. The topological polar surface area (TPSA) is 154 Å². The van der Waals surface area contributed by atoms with Crippen LogP contribution in [0.25, 0.3) is 0 Å². The van der Waals surface area contributed by atoms with Crippen LogP contribution >= 0.6 is 12.0 Å². The molecule has 0 heterocycles. The second-order valence-electron chi connectivity index (χ2n) is 3.30. The number of nitrogens with zero attached hydrogens (tertiary/aromatic N) is 1. The molecule has 0 bridgehead atoms. The predicted molar refractivity (Wildman–Crippen MR) is 60.1 cm³/mol. The molecular formula is C8H13NO9S. The molecule has 0 aromatic heterocycles. The molecule has 0 aliphatic rings. The Hall–Kier alpha value is -1.40. The Bertz CT molecular complexity index is 307. The molecule has 0 aliphatic carbocycles. The zero-order chi connectivity index (χ0) is 14.8. The molecule has 1 unspecified atom stereocenters. The first kappa shape index (κ1) is 17.6. The molecular weight excluding hydrogens is 286 g/mol. The number of carbonyl (C=O) groups is 3. The zero-order valence-corrected chi connectivity index (χ0v) is 10.4. The van der Waals surface area contributed by atoms with Crippen molar-refractivity contribution in [2.45, 2.75) is 12.5 Å². The van der Waals surface area contributed by atoms with Crippen molar-refractivity contribution in [1.82, 2.24) is 4.90 Å². The summed E-state index contributed by atoms with van der Waals surface area (Å²) in [5, 5.41) is 37.4. The van der Waals surface area contributed by atoms with E-state index in [0.29, 0.717) is 12.0 Å². The van der Waals surface area contributed by atoms with Gasteiger partial charge in [-0.05, 0) is 6.42 Å². The molecule has 0 radical (unpaired) electrons. The van der Waals surface area contributed by atoms with E-state index in [4.69, 9.17) is 20.6 Å². The maximum Gasteiger partial charge on any atom is 0.320 e. The lowest BCUT2D eigenvalue weighted by Crippen LogP contribution is -2.46. The summed E-state index contributed by atoms with van der Waals surface area (Å²) >= 11 is 0.597. The van der Waals surface area contributed by atoms with Crippen molar-refractivity contribution in [2.75, 3.05) is 18.8 Å². The van der Waals surface area contributed by atoms with Crippen LogP contribution in [-0.2, 0) is 23.8 Å². The molecule has 11 heteroatoms. The predicted octanol–water partition coefficient (Wildman–Crippen LogP) is -0.630. The van der Waals surface area contributed by atoms with Crippen molar-refractivity contribution >= 4 is 30.0 Å². The Labute approximate surface area is 111 Å². The van der Waals surface area contributed by atoms with Gasteiger partial charge in [-0.15, -0.1) is 4.33 Å². The Morgan fingerprint density at radius 2 is 1.63 bits per heavy atom. The molecule has 1 atom stereocenters. The highest BCUT2D eigenvalue weighted by molar-refractivity contribution is 7.94. The van der Waals surface area contributed by atoms with Crippen LogP contribution in [0.5, 0.6) is 0 Å². The summed E-state index contributed by atoms with van der Waals surface area (Å²) in [6, 6.07) is -1.30. The van der Waals surface area contributed by atoms with Gasteiger partial charge in [-0.2, -0.15) is 0 Å². The highest BCUT2D eigenvalue weighted by Gasteiger charge is 2.28. The third kappa shape index (κ3) is 8.34. The molecule has 10 nitrogen and oxygen atoms in total. The molecule has 0 fully saturated rings. The number of carboxylic acid groups (broad SMARTS) is 3. The van der Waals surface area contributed by atoms with E-state index in [1.54, 1.807) is 0 Å². The third-order valence-corrected chi connectivity index (χ3v) is 2.52. The van der Waals surface area contributed by atoms with Crippen LogP contribution in [0.1, 0.15) is 6.42 Å². The standard InChI is InChI=1S/C8H13NO9S/c10-6(11)3-9(4-7(12)13)5(8(14)15)1-2-19-18-17-16/h5,16H,1-4H2,(H,10,11)(H,12,13)(H,14,15). The summed E-state index contributed by atoms with van der Waals surface area (Å²) in [4.78, 5) is 33.0. The first-order chi connectivity index (χ1) is 8.88. The van der Waals surface area contributed by atoms with Gasteiger partial charge in [0.2, 0.25) is 0 Å². The first-order valence-corrected chi connectivity index (χ1v) is 5.79. The van der Waals surface area contributed by atoms with Crippen molar-refractivity contribution in [2.24, 2.45) is 0 Å². The van der Waals surface area contributed by atoms with Gasteiger partial charge >= 0.3 is 17.9 Å². The molecule has 0 aromatic carbocycles. The van der Waals surface area contributed by atoms with Crippen LogP contribution in [0, 0.1) is 0 Å². The van der Waals surface area contributed by atoms with Gasteiger partial charge in [0.1, 0.15) is 6.04 Å². The van der Waals surface area contributed by atoms with E-state index >= 15 is 0 Å². The minimum absolute atomic E-state index is 0.0489. The Kier molecular flexibility index (Phi) is 8.82. The summed E-state index contributed by atoms with van der Waals surface area (Å²) in [7, 11) is 0. The van der Waals surface area contributed by atoms with Gasteiger partial charge in [0.05, 0.1) is 13.1 Å². The van der Waals surface area contributed by atoms with Gasteiger partial charge in [-0.1, -0.05) is 5.04 Å². The fraction of sp³-hybridized carbons (Fsp3) is 0.625. The van der Waals surface area contributed by atoms with E-state index in [0.717, 1.165) is 4.90 Å². The fourth-order valence-electron chi connectivity index (χ4n) is 1.30. The molecule has 4 N–H and O–H groups in total. The fourth-order valence-corrected chi connectivity index (χ4v) is 1.73. The smallest absolute Gasteiger partial charge is 0.320 e. The SMILES string of the molecule is O=C(O)CN(CC(=O)O)C(CCSOOO)C(=O)O. The Morgan fingerprint density at radius 1 is 1.11 bits per heavy atom. The maximum absolute atomic E-state index is 11.0. The van der Waals surface area contributed by atoms with Gasteiger partial charge in [-0.25, -0.2) is 5.26 Å². The monoisotopic (exact) mass is 299 g/mol. The molecule has 0 rings (SSSR count). The molecule has 0 spiro atoms. The van der Waals surface area contributed by atoms with Gasteiger partial charge in [0.15, 0.2) is 0 Å². The van der Waals surface area contributed by atoms with E-state index in [-0.39, 0.29) is 12.2 Å². The van der Waals surface area contributed by atoms with Crippen molar-refractivity contribution in [1.29, 1.82) is 0 Å². The largest absolute Gasteiger partial charge is 0.480 e. The van der Waals surface area contributed by atoms with Crippen LogP contribution in [0.15, 0.2) is 0 Å². The molecule has 0 amide bonds. The third-order valence-electron chi connectivity index (χ3n) is 1.96. The highest BCUT2D eigenvalue weighted by atomic mass is 32.2.